The number of Topliss-reactive ketones (excluding diaryl/α,β-unsaturated/α-hetero) is 1. The van der Waals surface area contributed by atoms with Gasteiger partial charge in [0, 0.05) is 6.42 Å². The predicted octanol–water partition coefficient (Wildman–Crippen LogP) is 1.17. The number of carbonyl (C=O) groups is 1. The minimum absolute atomic E-state index is 0.0324. The highest BCUT2D eigenvalue weighted by Crippen LogP contribution is 2.17. The molecule has 2 unspecified atom stereocenters. The Kier molecular flexibility index (Phi) is 1.82. The minimum atomic E-state index is 0.0324. The normalized spacial score (nSPS) is 32.5. The summed E-state index contributed by atoms with van der Waals surface area (Å²) in [6, 6.07) is 0.168. The summed E-state index contributed by atoms with van der Waals surface area (Å²) in [5, 5.41) is 3.17. The average molecular weight is 161 g/mol. The molecule has 1 heterocycles. The largest absolute Gasteiger partial charge is 0.384 e. The summed E-state index contributed by atoms with van der Waals surface area (Å²) in [7, 11) is 0. The predicted molar refractivity (Wildman–Crippen MR) is 47.5 cm³/mol. The summed E-state index contributed by atoms with van der Waals surface area (Å²) < 4.78 is 0. The summed E-state index contributed by atoms with van der Waals surface area (Å²) >= 11 is 0. The van der Waals surface area contributed by atoms with Crippen molar-refractivity contribution in [3.05, 3.63) is 36.6 Å². The maximum Gasteiger partial charge on any atom is 0.145 e. The van der Waals surface area contributed by atoms with Crippen molar-refractivity contribution < 1.29 is 4.79 Å². The van der Waals surface area contributed by atoms with E-state index >= 15 is 0 Å². The fourth-order valence-corrected chi connectivity index (χ4v) is 1.56. The molecular weight excluding hydrogens is 150 g/mol. The Bertz CT molecular complexity index is 276. The monoisotopic (exact) mass is 161 g/mol. The Hall–Kier alpha value is -1.31. The highest BCUT2D eigenvalue weighted by atomic mass is 16.1. The molecule has 0 aromatic carbocycles. The van der Waals surface area contributed by atoms with Crippen LogP contribution in [0.4, 0.5) is 0 Å². The average Bonchev–Trinajstić information content (AvgIpc) is 2.29. The van der Waals surface area contributed by atoms with Crippen LogP contribution in [0.25, 0.3) is 0 Å². The standard InChI is InChI=1S/C10H11NO/c12-10-6-3-7-11-9-5-2-1-4-8(9)10/h1-5,7-9,11H,6H2. The minimum Gasteiger partial charge on any atom is -0.384 e. The van der Waals surface area contributed by atoms with E-state index in [9.17, 15) is 4.79 Å². The van der Waals surface area contributed by atoms with Crippen LogP contribution in [0.3, 0.4) is 0 Å². The van der Waals surface area contributed by atoms with Crippen LogP contribution in [0.2, 0.25) is 0 Å². The fourth-order valence-electron chi connectivity index (χ4n) is 1.56. The van der Waals surface area contributed by atoms with Crippen LogP contribution in [-0.2, 0) is 4.79 Å². The van der Waals surface area contributed by atoms with Crippen LogP contribution in [0.15, 0.2) is 36.6 Å². The summed E-state index contributed by atoms with van der Waals surface area (Å²) in [4.78, 5) is 11.5. The van der Waals surface area contributed by atoms with Gasteiger partial charge in [0.15, 0.2) is 0 Å². The topological polar surface area (TPSA) is 29.1 Å². The molecule has 2 atom stereocenters. The first-order valence-corrected chi connectivity index (χ1v) is 4.17. The Morgan fingerprint density at radius 3 is 3.08 bits per heavy atom. The van der Waals surface area contributed by atoms with Gasteiger partial charge in [-0.15, -0.1) is 0 Å². The van der Waals surface area contributed by atoms with E-state index in [1.54, 1.807) is 0 Å². The molecule has 0 saturated carbocycles. The van der Waals surface area contributed by atoms with E-state index in [-0.39, 0.29) is 12.0 Å². The highest BCUT2D eigenvalue weighted by molar-refractivity contribution is 5.85. The van der Waals surface area contributed by atoms with E-state index < -0.39 is 0 Å². The van der Waals surface area contributed by atoms with E-state index in [0.717, 1.165) is 0 Å². The van der Waals surface area contributed by atoms with E-state index in [4.69, 9.17) is 0 Å². The van der Waals surface area contributed by atoms with Gasteiger partial charge >= 0.3 is 0 Å². The van der Waals surface area contributed by atoms with Gasteiger partial charge in [0.1, 0.15) is 5.78 Å². The van der Waals surface area contributed by atoms with Crippen molar-refractivity contribution in [2.75, 3.05) is 0 Å². The van der Waals surface area contributed by atoms with Gasteiger partial charge in [0.2, 0.25) is 0 Å². The zero-order valence-corrected chi connectivity index (χ0v) is 6.73. The van der Waals surface area contributed by atoms with Crippen LogP contribution >= 0.6 is 0 Å². The molecule has 1 aliphatic carbocycles. The fraction of sp³-hybridized carbons (Fsp3) is 0.300. The molecule has 0 spiro atoms. The van der Waals surface area contributed by atoms with Gasteiger partial charge in [-0.25, -0.2) is 0 Å². The quantitative estimate of drug-likeness (QED) is 0.578. The third kappa shape index (κ3) is 1.20. The molecule has 0 amide bonds. The van der Waals surface area contributed by atoms with Gasteiger partial charge in [-0.1, -0.05) is 30.4 Å². The summed E-state index contributed by atoms with van der Waals surface area (Å²) in [5.41, 5.74) is 0. The molecule has 2 rings (SSSR count). The van der Waals surface area contributed by atoms with Crippen molar-refractivity contribution >= 4 is 5.78 Å². The number of nitrogens with one attached hydrogen (secondary N) is 1. The molecule has 0 bridgehead atoms. The number of allylic oxidation sites excluding steroid dienone is 3. The molecule has 1 N–H and O–H groups in total. The van der Waals surface area contributed by atoms with Crippen molar-refractivity contribution in [1.29, 1.82) is 0 Å². The first-order valence-electron chi connectivity index (χ1n) is 4.17. The Morgan fingerprint density at radius 2 is 2.17 bits per heavy atom. The second-order valence-corrected chi connectivity index (χ2v) is 3.06. The molecule has 12 heavy (non-hydrogen) atoms. The second kappa shape index (κ2) is 2.97. The van der Waals surface area contributed by atoms with Crippen LogP contribution in [-0.4, -0.2) is 11.8 Å². The third-order valence-corrected chi connectivity index (χ3v) is 2.23. The summed E-state index contributed by atoms with van der Waals surface area (Å²) in [6.07, 6.45) is 12.2. The molecule has 0 radical (unpaired) electrons. The molecule has 0 aromatic rings. The van der Waals surface area contributed by atoms with Crippen LogP contribution < -0.4 is 5.32 Å². The number of hydrogen-bond donors (Lipinski definition) is 1. The van der Waals surface area contributed by atoms with Gasteiger partial charge in [0.05, 0.1) is 12.0 Å². The Labute approximate surface area is 71.7 Å². The van der Waals surface area contributed by atoms with E-state index in [1.165, 1.54) is 0 Å². The van der Waals surface area contributed by atoms with E-state index in [2.05, 4.69) is 5.32 Å². The third-order valence-electron chi connectivity index (χ3n) is 2.23. The van der Waals surface area contributed by atoms with Crippen molar-refractivity contribution in [3.63, 3.8) is 0 Å². The van der Waals surface area contributed by atoms with Crippen molar-refractivity contribution in [2.24, 2.45) is 5.92 Å². The Morgan fingerprint density at radius 1 is 1.33 bits per heavy atom. The molecule has 1 aliphatic heterocycles. The van der Waals surface area contributed by atoms with Crippen molar-refractivity contribution in [3.8, 4) is 0 Å². The van der Waals surface area contributed by atoms with Gasteiger partial charge in [-0.2, -0.15) is 0 Å². The van der Waals surface area contributed by atoms with Crippen molar-refractivity contribution in [2.45, 2.75) is 12.5 Å². The second-order valence-electron chi connectivity index (χ2n) is 3.06. The number of ketones is 1. The number of carbonyl (C=O) groups excluding carboxylic acids is 1. The molecule has 2 nitrogen and oxygen atoms in total. The number of rotatable bonds is 0. The van der Waals surface area contributed by atoms with Gasteiger partial charge in [-0.3, -0.25) is 4.79 Å². The SMILES string of the molecule is O=C1CC=CNC2C=CC=CC12. The number of fused-ring (bicyclic) bond motifs is 1. The van der Waals surface area contributed by atoms with E-state index in [0.29, 0.717) is 12.2 Å². The molecule has 0 aromatic heterocycles. The van der Waals surface area contributed by atoms with Gasteiger partial charge in [-0.05, 0) is 6.20 Å². The highest BCUT2D eigenvalue weighted by Gasteiger charge is 2.24. The van der Waals surface area contributed by atoms with Crippen molar-refractivity contribution in [1.82, 2.24) is 5.32 Å². The first-order chi connectivity index (χ1) is 5.88. The lowest BCUT2D eigenvalue weighted by molar-refractivity contribution is -0.120. The van der Waals surface area contributed by atoms with Gasteiger partial charge < -0.3 is 5.32 Å². The molecule has 62 valence electrons. The molecule has 2 aliphatic rings. The lowest BCUT2D eigenvalue weighted by atomic mass is 9.91. The van der Waals surface area contributed by atoms with Crippen LogP contribution in [0, 0.1) is 5.92 Å². The first kappa shape index (κ1) is 7.35. The summed E-state index contributed by atoms with van der Waals surface area (Å²) in [6.45, 7) is 0. The number of hydrogen-bond acceptors (Lipinski definition) is 2. The zero-order chi connectivity index (χ0) is 8.39. The smallest absolute Gasteiger partial charge is 0.145 e. The van der Waals surface area contributed by atoms with E-state index in [1.807, 2.05) is 36.6 Å². The zero-order valence-electron chi connectivity index (χ0n) is 6.73. The lowest BCUT2D eigenvalue weighted by Crippen LogP contribution is -2.34. The maximum absolute atomic E-state index is 11.5. The van der Waals surface area contributed by atoms with Crippen LogP contribution in [0.1, 0.15) is 6.42 Å². The molecule has 2 heteroatoms. The maximum atomic E-state index is 11.5. The van der Waals surface area contributed by atoms with Crippen LogP contribution in [0.5, 0.6) is 0 Å². The molecule has 0 fully saturated rings. The molecule has 0 saturated heterocycles. The lowest BCUT2D eigenvalue weighted by Gasteiger charge is -2.20. The molecular formula is C10H11NO. The van der Waals surface area contributed by atoms with Gasteiger partial charge in [0.25, 0.3) is 0 Å². The summed E-state index contributed by atoms with van der Waals surface area (Å²) in [5.74, 6) is 0.326. The Balaban J connectivity index is 2.25.